The molecular formula is C17H18ClN3O2. The molecule has 120 valence electrons. The van der Waals surface area contributed by atoms with Gasteiger partial charge in [-0.15, -0.1) is 0 Å². The minimum absolute atomic E-state index is 0.0507. The summed E-state index contributed by atoms with van der Waals surface area (Å²) in [4.78, 5) is 12.4. The number of halogens is 1. The third-order valence-corrected chi connectivity index (χ3v) is 4.04. The lowest BCUT2D eigenvalue weighted by molar-refractivity contribution is -0.117. The summed E-state index contributed by atoms with van der Waals surface area (Å²) in [6.45, 7) is 0. The number of carbonyl (C=O) groups is 1. The molecule has 2 aromatic carbocycles. The lowest BCUT2D eigenvalue weighted by Crippen LogP contribution is -2.39. The molecule has 0 bridgehead atoms. The first-order chi connectivity index (χ1) is 11.2. The lowest BCUT2D eigenvalue weighted by Gasteiger charge is -2.11. The minimum Gasteiger partial charge on any atom is -0.497 e. The number of rotatable bonds is 4. The van der Waals surface area contributed by atoms with Crippen molar-refractivity contribution in [3.05, 3.63) is 59.1 Å². The number of carbonyl (C=O) groups excluding carboxylic acids is 1. The zero-order valence-electron chi connectivity index (χ0n) is 12.7. The predicted molar refractivity (Wildman–Crippen MR) is 90.5 cm³/mol. The van der Waals surface area contributed by atoms with Gasteiger partial charge in [0.05, 0.1) is 7.11 Å². The molecule has 0 spiro atoms. The highest BCUT2D eigenvalue weighted by molar-refractivity contribution is 6.30. The fraction of sp³-hybridized carbons (Fsp3) is 0.235. The standard InChI is InChI=1S/C17H18ClN3O2/c1-23-14-7-3-6-13(9-14)19-17(22)16-10-15(20-21-16)11-4-2-5-12(18)8-11/h2-9,15-16,20-21H,10H2,1H3,(H,19,22). The number of hydrazine groups is 1. The summed E-state index contributed by atoms with van der Waals surface area (Å²) in [6, 6.07) is 14.7. The SMILES string of the molecule is COc1cccc(NC(=O)C2CC(c3cccc(Cl)c3)NN2)c1. The summed E-state index contributed by atoms with van der Waals surface area (Å²) in [6.07, 6.45) is 0.649. The highest BCUT2D eigenvalue weighted by atomic mass is 35.5. The van der Waals surface area contributed by atoms with E-state index >= 15 is 0 Å². The zero-order valence-corrected chi connectivity index (χ0v) is 13.4. The summed E-state index contributed by atoms with van der Waals surface area (Å²) in [5, 5.41) is 3.58. The molecule has 1 aliphatic rings. The Hall–Kier alpha value is -2.08. The fourth-order valence-corrected chi connectivity index (χ4v) is 2.80. The highest BCUT2D eigenvalue weighted by Crippen LogP contribution is 2.25. The maximum absolute atomic E-state index is 12.4. The molecule has 1 fully saturated rings. The van der Waals surface area contributed by atoms with Crippen LogP contribution in [0.15, 0.2) is 48.5 Å². The van der Waals surface area contributed by atoms with Gasteiger partial charge in [-0.2, -0.15) is 0 Å². The number of methoxy groups -OCH3 is 1. The first-order valence-corrected chi connectivity index (χ1v) is 7.75. The Kier molecular flexibility index (Phi) is 4.81. The maximum atomic E-state index is 12.4. The largest absolute Gasteiger partial charge is 0.497 e. The lowest BCUT2D eigenvalue weighted by atomic mass is 10.0. The van der Waals surface area contributed by atoms with Crippen LogP contribution in [0.4, 0.5) is 5.69 Å². The number of hydrogen-bond acceptors (Lipinski definition) is 4. The van der Waals surface area contributed by atoms with Gasteiger partial charge in [-0.3, -0.25) is 4.79 Å². The van der Waals surface area contributed by atoms with Crippen molar-refractivity contribution in [2.45, 2.75) is 18.5 Å². The van der Waals surface area contributed by atoms with E-state index in [2.05, 4.69) is 16.2 Å². The average molecular weight is 332 g/mol. The molecule has 0 aromatic heterocycles. The Morgan fingerprint density at radius 1 is 1.22 bits per heavy atom. The molecule has 1 saturated heterocycles. The van der Waals surface area contributed by atoms with E-state index in [0.717, 1.165) is 5.56 Å². The second-order valence-electron chi connectivity index (χ2n) is 5.41. The van der Waals surface area contributed by atoms with Gasteiger partial charge in [0.15, 0.2) is 0 Å². The Labute approximate surface area is 140 Å². The molecule has 6 heteroatoms. The van der Waals surface area contributed by atoms with E-state index in [4.69, 9.17) is 16.3 Å². The molecule has 2 atom stereocenters. The number of hydrogen-bond donors (Lipinski definition) is 3. The van der Waals surface area contributed by atoms with E-state index in [-0.39, 0.29) is 18.0 Å². The van der Waals surface area contributed by atoms with Gasteiger partial charge in [0.2, 0.25) is 5.91 Å². The topological polar surface area (TPSA) is 62.4 Å². The summed E-state index contributed by atoms with van der Waals surface area (Å²) >= 11 is 6.02. The van der Waals surface area contributed by atoms with Crippen molar-refractivity contribution < 1.29 is 9.53 Å². The van der Waals surface area contributed by atoms with Crippen LogP contribution in [-0.2, 0) is 4.79 Å². The third kappa shape index (κ3) is 3.82. The molecule has 0 saturated carbocycles. The molecule has 2 aromatic rings. The Bertz CT molecular complexity index is 708. The predicted octanol–water partition coefficient (Wildman–Crippen LogP) is 2.89. The van der Waals surface area contributed by atoms with E-state index in [1.807, 2.05) is 42.5 Å². The van der Waals surface area contributed by atoms with Crippen LogP contribution in [0.1, 0.15) is 18.0 Å². The smallest absolute Gasteiger partial charge is 0.242 e. The molecule has 0 aliphatic carbocycles. The molecule has 3 rings (SSSR count). The molecule has 1 amide bonds. The van der Waals surface area contributed by atoms with Crippen LogP contribution in [0.2, 0.25) is 5.02 Å². The van der Waals surface area contributed by atoms with Crippen molar-refractivity contribution in [2.24, 2.45) is 0 Å². The van der Waals surface area contributed by atoms with Crippen molar-refractivity contribution >= 4 is 23.2 Å². The summed E-state index contributed by atoms with van der Waals surface area (Å²) in [5.74, 6) is 0.618. The fourth-order valence-electron chi connectivity index (χ4n) is 2.60. The molecule has 23 heavy (non-hydrogen) atoms. The number of nitrogens with one attached hydrogen (secondary N) is 3. The van der Waals surface area contributed by atoms with Gasteiger partial charge in [-0.05, 0) is 36.2 Å². The van der Waals surface area contributed by atoms with E-state index in [1.54, 1.807) is 13.2 Å². The van der Waals surface area contributed by atoms with Crippen LogP contribution in [0.5, 0.6) is 5.75 Å². The van der Waals surface area contributed by atoms with Crippen molar-refractivity contribution in [3.63, 3.8) is 0 Å². The van der Waals surface area contributed by atoms with Crippen LogP contribution in [0, 0.1) is 0 Å². The summed E-state index contributed by atoms with van der Waals surface area (Å²) in [5.41, 5.74) is 7.95. The zero-order chi connectivity index (χ0) is 16.2. The molecular weight excluding hydrogens is 314 g/mol. The Morgan fingerprint density at radius 3 is 2.83 bits per heavy atom. The van der Waals surface area contributed by atoms with E-state index in [9.17, 15) is 4.79 Å². The van der Waals surface area contributed by atoms with Gasteiger partial charge in [0, 0.05) is 22.8 Å². The first kappa shape index (κ1) is 15.8. The highest BCUT2D eigenvalue weighted by Gasteiger charge is 2.30. The van der Waals surface area contributed by atoms with Gasteiger partial charge < -0.3 is 10.1 Å². The second kappa shape index (κ2) is 7.00. The second-order valence-corrected chi connectivity index (χ2v) is 5.84. The number of amides is 1. The van der Waals surface area contributed by atoms with Crippen LogP contribution in [0.3, 0.4) is 0 Å². The van der Waals surface area contributed by atoms with Crippen LogP contribution >= 0.6 is 11.6 Å². The van der Waals surface area contributed by atoms with Crippen molar-refractivity contribution in [3.8, 4) is 5.75 Å². The quantitative estimate of drug-likeness (QED) is 0.806. The van der Waals surface area contributed by atoms with Crippen LogP contribution in [-0.4, -0.2) is 19.1 Å². The Morgan fingerprint density at radius 2 is 2.04 bits per heavy atom. The number of benzene rings is 2. The molecule has 2 unspecified atom stereocenters. The van der Waals surface area contributed by atoms with Crippen LogP contribution in [0.25, 0.3) is 0 Å². The third-order valence-electron chi connectivity index (χ3n) is 3.81. The van der Waals surface area contributed by atoms with Crippen molar-refractivity contribution in [1.82, 2.24) is 10.9 Å². The van der Waals surface area contributed by atoms with Gasteiger partial charge >= 0.3 is 0 Å². The maximum Gasteiger partial charge on any atom is 0.242 e. The monoisotopic (exact) mass is 331 g/mol. The van der Waals surface area contributed by atoms with E-state index < -0.39 is 0 Å². The normalized spacial score (nSPS) is 20.3. The molecule has 3 N–H and O–H groups in total. The number of ether oxygens (including phenoxy) is 1. The van der Waals surface area contributed by atoms with Crippen molar-refractivity contribution in [2.75, 3.05) is 12.4 Å². The van der Waals surface area contributed by atoms with Crippen LogP contribution < -0.4 is 20.9 Å². The number of anilines is 1. The van der Waals surface area contributed by atoms with E-state index in [0.29, 0.717) is 22.9 Å². The van der Waals surface area contributed by atoms with Gasteiger partial charge in [-0.1, -0.05) is 29.8 Å². The Balaban J connectivity index is 1.63. The molecule has 5 nitrogen and oxygen atoms in total. The molecule has 1 aliphatic heterocycles. The van der Waals surface area contributed by atoms with E-state index in [1.165, 1.54) is 0 Å². The minimum atomic E-state index is -0.315. The average Bonchev–Trinajstić information content (AvgIpc) is 3.05. The molecule has 1 heterocycles. The summed E-state index contributed by atoms with van der Waals surface area (Å²) < 4.78 is 5.16. The van der Waals surface area contributed by atoms with Gasteiger partial charge in [0.25, 0.3) is 0 Å². The summed E-state index contributed by atoms with van der Waals surface area (Å²) in [7, 11) is 1.60. The first-order valence-electron chi connectivity index (χ1n) is 7.37. The van der Waals surface area contributed by atoms with Crippen molar-refractivity contribution in [1.29, 1.82) is 0 Å². The van der Waals surface area contributed by atoms with Gasteiger partial charge in [0.1, 0.15) is 11.8 Å². The van der Waals surface area contributed by atoms with Gasteiger partial charge in [-0.25, -0.2) is 10.9 Å². The molecule has 0 radical (unpaired) electrons.